The summed E-state index contributed by atoms with van der Waals surface area (Å²) in [5.74, 6) is 0. The highest BCUT2D eigenvalue weighted by Gasteiger charge is 2.33. The molecule has 1 rings (SSSR count). The van der Waals surface area contributed by atoms with Crippen molar-refractivity contribution in [3.05, 3.63) is 0 Å². The van der Waals surface area contributed by atoms with Gasteiger partial charge in [0.15, 0.2) is 0 Å². The van der Waals surface area contributed by atoms with Crippen LogP contribution >= 0.6 is 0 Å². The molecule has 12 heavy (non-hydrogen) atoms. The molecule has 0 spiro atoms. The predicted molar refractivity (Wildman–Crippen MR) is 67.5 cm³/mol. The summed E-state index contributed by atoms with van der Waals surface area (Å²) in [6.07, 6.45) is 4.21. The molecule has 0 atom stereocenters. The van der Waals surface area contributed by atoms with Crippen molar-refractivity contribution < 1.29 is 4.43 Å². The molecule has 1 aliphatic heterocycles. The smallest absolute Gasteiger partial charge is 0.139 e. The summed E-state index contributed by atoms with van der Waals surface area (Å²) in [6, 6.07) is 3.24. The number of hydrogen-bond donors (Lipinski definition) is 0. The van der Waals surface area contributed by atoms with Gasteiger partial charge in [0.1, 0.15) is 9.28 Å². The topological polar surface area (TPSA) is 9.23 Å². The molecule has 5 heteroatoms. The third kappa shape index (κ3) is 2.95. The molecule has 0 aromatic carbocycles. The van der Waals surface area contributed by atoms with Gasteiger partial charge in [-0.3, -0.25) is 0 Å². The Morgan fingerprint density at radius 1 is 1.25 bits per heavy atom. The third-order valence-electron chi connectivity index (χ3n) is 2.96. The molecule has 1 aliphatic rings. The summed E-state index contributed by atoms with van der Waals surface area (Å²) in [6.45, 7) is 4.73. The fourth-order valence-electron chi connectivity index (χ4n) is 2.49. The standard InChI is InChI=1S/C7H22OSi4/c1-3-5-12(6-4-2)7-8-9-10-11-12/h3-7,9-11H2,1-2H3. The van der Waals surface area contributed by atoms with Crippen molar-refractivity contribution >= 4 is 34.0 Å². The van der Waals surface area contributed by atoms with Gasteiger partial charge in [-0.25, -0.2) is 0 Å². The van der Waals surface area contributed by atoms with Crippen molar-refractivity contribution in [2.24, 2.45) is 0 Å². The van der Waals surface area contributed by atoms with E-state index < -0.39 is 7.59 Å². The molecular weight excluding hydrogens is 212 g/mol. The second-order valence-electron chi connectivity index (χ2n) is 4.16. The Hall–Kier alpha value is 0.828. The maximum absolute atomic E-state index is 5.89. The van der Waals surface area contributed by atoms with Crippen LogP contribution in [0.5, 0.6) is 0 Å². The lowest BCUT2D eigenvalue weighted by Crippen LogP contribution is -2.55. The molecule has 0 bridgehead atoms. The molecule has 72 valence electrons. The lowest BCUT2D eigenvalue weighted by Gasteiger charge is -2.34. The fraction of sp³-hybridized carbons (Fsp3) is 1.00. The van der Waals surface area contributed by atoms with E-state index in [4.69, 9.17) is 4.43 Å². The molecule has 1 nitrogen and oxygen atoms in total. The van der Waals surface area contributed by atoms with E-state index in [-0.39, 0.29) is 9.28 Å². The van der Waals surface area contributed by atoms with Gasteiger partial charge in [0.25, 0.3) is 0 Å². The van der Waals surface area contributed by atoms with E-state index in [1.54, 1.807) is 12.1 Å². The first-order valence-corrected chi connectivity index (χ1v) is 18.9. The van der Waals surface area contributed by atoms with Crippen LogP contribution in [0.4, 0.5) is 0 Å². The van der Waals surface area contributed by atoms with Crippen LogP contribution in [0, 0.1) is 0 Å². The molecule has 1 saturated heterocycles. The number of hydrogen-bond acceptors (Lipinski definition) is 1. The van der Waals surface area contributed by atoms with Crippen LogP contribution in [0.3, 0.4) is 0 Å². The van der Waals surface area contributed by atoms with Gasteiger partial charge in [-0.2, -0.15) is 0 Å². The minimum Gasteiger partial charge on any atom is -0.432 e. The van der Waals surface area contributed by atoms with E-state index in [1.807, 2.05) is 0 Å². The maximum Gasteiger partial charge on any atom is 0.139 e. The maximum atomic E-state index is 5.89. The van der Waals surface area contributed by atoms with Crippen LogP contribution in [0.1, 0.15) is 26.7 Å². The Bertz CT molecular complexity index is 109. The van der Waals surface area contributed by atoms with Gasteiger partial charge in [0, 0.05) is 23.3 Å². The molecule has 0 N–H and O–H groups in total. The van der Waals surface area contributed by atoms with Crippen LogP contribution in [-0.4, -0.2) is 40.2 Å². The van der Waals surface area contributed by atoms with Gasteiger partial charge in [-0.15, -0.1) is 0 Å². The Balaban J connectivity index is 2.44. The molecule has 1 fully saturated rings. The zero-order valence-electron chi connectivity index (χ0n) is 8.57. The molecule has 0 saturated carbocycles. The molecular formula is C7H22OSi4. The van der Waals surface area contributed by atoms with E-state index in [2.05, 4.69) is 13.8 Å². The van der Waals surface area contributed by atoms with Crippen LogP contribution < -0.4 is 0 Å². The summed E-state index contributed by atoms with van der Waals surface area (Å²) in [4.78, 5) is 0. The summed E-state index contributed by atoms with van der Waals surface area (Å²) >= 11 is 0. The minimum absolute atomic E-state index is 0.141. The van der Waals surface area contributed by atoms with Crippen molar-refractivity contribution in [2.75, 3.05) is 6.23 Å². The average Bonchev–Trinajstić information content (AvgIpc) is 2.07. The van der Waals surface area contributed by atoms with E-state index in [0.29, 0.717) is 17.1 Å². The quantitative estimate of drug-likeness (QED) is 0.600. The summed E-state index contributed by atoms with van der Waals surface area (Å²) in [5, 5.41) is 0. The highest BCUT2D eigenvalue weighted by molar-refractivity contribution is 7.54. The second-order valence-corrected chi connectivity index (χ2v) is 30.7. The number of rotatable bonds is 4. The largest absolute Gasteiger partial charge is 0.432 e. The van der Waals surface area contributed by atoms with Gasteiger partial charge in [0.2, 0.25) is 0 Å². The van der Waals surface area contributed by atoms with Gasteiger partial charge >= 0.3 is 0 Å². The summed E-state index contributed by atoms with van der Waals surface area (Å²) < 4.78 is 5.89. The van der Waals surface area contributed by atoms with Crippen LogP contribution in [0.2, 0.25) is 12.1 Å². The Kier molecular flexibility index (Phi) is 5.03. The van der Waals surface area contributed by atoms with Crippen molar-refractivity contribution in [1.82, 2.24) is 0 Å². The van der Waals surface area contributed by atoms with Crippen molar-refractivity contribution in [2.45, 2.75) is 38.8 Å². The first-order valence-electron chi connectivity index (χ1n) is 5.41. The van der Waals surface area contributed by atoms with Crippen molar-refractivity contribution in [3.8, 4) is 0 Å². The summed E-state index contributed by atoms with van der Waals surface area (Å²) in [7, 11) is 0.461. The molecule has 0 radical (unpaired) electrons. The van der Waals surface area contributed by atoms with Crippen molar-refractivity contribution in [1.29, 1.82) is 0 Å². The van der Waals surface area contributed by atoms with Gasteiger partial charge in [0.05, 0.1) is 7.59 Å². The average molecular weight is 235 g/mol. The van der Waals surface area contributed by atoms with Crippen molar-refractivity contribution in [3.63, 3.8) is 0 Å². The van der Waals surface area contributed by atoms with E-state index in [0.717, 1.165) is 0 Å². The Morgan fingerprint density at radius 2 is 1.92 bits per heavy atom. The summed E-state index contributed by atoms with van der Waals surface area (Å²) in [5.41, 5.74) is 0. The predicted octanol–water partition coefficient (Wildman–Crippen LogP) is -0.427. The fourth-order valence-corrected chi connectivity index (χ4v) is 59.0. The van der Waals surface area contributed by atoms with Crippen LogP contribution in [-0.2, 0) is 4.43 Å². The highest BCUT2D eigenvalue weighted by atomic mass is 29.7. The lowest BCUT2D eigenvalue weighted by atomic mass is 10.6. The minimum atomic E-state index is -0.670. The second kappa shape index (κ2) is 5.54. The normalized spacial score (nSPS) is 28.5. The molecule has 0 unspecified atom stereocenters. The lowest BCUT2D eigenvalue weighted by molar-refractivity contribution is 0.411. The zero-order valence-corrected chi connectivity index (χ0v) is 13.8. The highest BCUT2D eigenvalue weighted by Crippen LogP contribution is 2.20. The van der Waals surface area contributed by atoms with Crippen LogP contribution in [0.25, 0.3) is 0 Å². The SMILES string of the molecule is CCC[Si]1(CCC)CO[SiH2][SiH2][SiH2]1. The van der Waals surface area contributed by atoms with E-state index in [9.17, 15) is 0 Å². The first kappa shape index (κ1) is 10.9. The van der Waals surface area contributed by atoms with E-state index in [1.165, 1.54) is 19.1 Å². The monoisotopic (exact) mass is 234 g/mol. The molecule has 0 aromatic rings. The molecule has 0 aliphatic carbocycles. The van der Waals surface area contributed by atoms with Gasteiger partial charge in [-0.1, -0.05) is 38.8 Å². The van der Waals surface area contributed by atoms with Gasteiger partial charge < -0.3 is 4.43 Å². The first-order chi connectivity index (χ1) is 5.83. The van der Waals surface area contributed by atoms with Gasteiger partial charge in [-0.05, 0) is 0 Å². The van der Waals surface area contributed by atoms with Crippen LogP contribution in [0.15, 0.2) is 0 Å². The molecule has 0 aromatic heterocycles. The Labute approximate surface area is 83.6 Å². The Morgan fingerprint density at radius 3 is 2.33 bits per heavy atom. The molecule has 0 amide bonds. The zero-order chi connectivity index (χ0) is 8.86. The third-order valence-corrected chi connectivity index (χ3v) is 43.1. The molecule has 1 heterocycles. The van der Waals surface area contributed by atoms with E-state index >= 15 is 0 Å².